The van der Waals surface area contributed by atoms with E-state index in [1.807, 2.05) is 26.8 Å². The van der Waals surface area contributed by atoms with Gasteiger partial charge in [-0.1, -0.05) is 0 Å². The first kappa shape index (κ1) is 20.6. The van der Waals surface area contributed by atoms with Gasteiger partial charge in [0, 0.05) is 30.9 Å². The van der Waals surface area contributed by atoms with Crippen LogP contribution in [0.4, 0.5) is 10.6 Å². The lowest BCUT2D eigenvalue weighted by Crippen LogP contribution is -2.47. The van der Waals surface area contributed by atoms with Crippen molar-refractivity contribution in [1.82, 2.24) is 24.5 Å². The summed E-state index contributed by atoms with van der Waals surface area (Å²) in [6, 6.07) is 5.78. The number of hydrogen-bond donors (Lipinski definition) is 1. The summed E-state index contributed by atoms with van der Waals surface area (Å²) in [5, 5.41) is 16.8. The maximum Gasteiger partial charge on any atom is 0.410 e. The van der Waals surface area contributed by atoms with Crippen molar-refractivity contribution in [3.8, 4) is 17.3 Å². The smallest absolute Gasteiger partial charge is 0.410 e. The number of nitriles is 1. The van der Waals surface area contributed by atoms with Gasteiger partial charge in [-0.3, -0.25) is 4.98 Å². The highest BCUT2D eigenvalue weighted by molar-refractivity contribution is 5.78. The van der Waals surface area contributed by atoms with Gasteiger partial charge in [0.1, 0.15) is 17.5 Å². The van der Waals surface area contributed by atoms with E-state index in [9.17, 15) is 4.79 Å². The molecular weight excluding hydrogens is 394 g/mol. The third-order valence-electron chi connectivity index (χ3n) is 4.98. The van der Waals surface area contributed by atoms with E-state index in [1.165, 1.54) is 0 Å². The van der Waals surface area contributed by atoms with E-state index in [0.29, 0.717) is 30.2 Å². The third kappa shape index (κ3) is 4.74. The average molecular weight is 419 g/mol. The molecule has 3 aromatic heterocycles. The topological polar surface area (TPSA) is 108 Å². The van der Waals surface area contributed by atoms with Gasteiger partial charge in [-0.25, -0.2) is 14.3 Å². The van der Waals surface area contributed by atoms with Crippen LogP contribution in [0.1, 0.15) is 39.2 Å². The molecule has 0 saturated carbocycles. The number of fused-ring (bicyclic) bond motifs is 1. The summed E-state index contributed by atoms with van der Waals surface area (Å²) >= 11 is 0. The third-order valence-corrected chi connectivity index (χ3v) is 4.98. The Morgan fingerprint density at radius 1 is 1.29 bits per heavy atom. The summed E-state index contributed by atoms with van der Waals surface area (Å²) in [7, 11) is 0. The standard InChI is InChI=1S/C22H25N7O2/c1-22(2,3)31-21(30)28-8-4-5-16(14-28)26-20-12-24-11-18(27-20)17-10-25-29-13-15(9-23)6-7-19(17)29/h6-7,10-13,16H,4-5,8,14H2,1-3H3,(H,26,27)/t16-/m1/s1. The molecule has 0 spiro atoms. The fourth-order valence-corrected chi connectivity index (χ4v) is 3.61. The van der Waals surface area contributed by atoms with Crippen LogP contribution in [0.2, 0.25) is 0 Å². The van der Waals surface area contributed by atoms with E-state index in [1.54, 1.807) is 40.3 Å². The van der Waals surface area contributed by atoms with E-state index in [2.05, 4.69) is 21.5 Å². The first-order valence-electron chi connectivity index (χ1n) is 10.3. The lowest BCUT2D eigenvalue weighted by atomic mass is 10.1. The van der Waals surface area contributed by atoms with Gasteiger partial charge >= 0.3 is 6.09 Å². The van der Waals surface area contributed by atoms with Gasteiger partial charge in [0.05, 0.1) is 35.4 Å². The molecule has 0 bridgehead atoms. The monoisotopic (exact) mass is 419 g/mol. The van der Waals surface area contributed by atoms with Gasteiger partial charge < -0.3 is 15.0 Å². The number of amides is 1. The van der Waals surface area contributed by atoms with E-state index in [-0.39, 0.29) is 12.1 Å². The molecule has 1 fully saturated rings. The van der Waals surface area contributed by atoms with Crippen molar-refractivity contribution >= 4 is 17.4 Å². The molecule has 160 valence electrons. The van der Waals surface area contributed by atoms with Crippen molar-refractivity contribution in [2.75, 3.05) is 18.4 Å². The molecule has 0 aliphatic carbocycles. The minimum absolute atomic E-state index is 0.0629. The zero-order valence-electron chi connectivity index (χ0n) is 17.9. The molecule has 9 heteroatoms. The van der Waals surface area contributed by atoms with Crippen LogP contribution in [0.5, 0.6) is 0 Å². The Hall–Kier alpha value is -3.67. The minimum Gasteiger partial charge on any atom is -0.444 e. The van der Waals surface area contributed by atoms with Gasteiger partial charge in [-0.05, 0) is 45.7 Å². The molecule has 1 aliphatic heterocycles. The maximum absolute atomic E-state index is 12.4. The number of carbonyl (C=O) groups is 1. The van der Waals surface area contributed by atoms with Crippen molar-refractivity contribution in [3.63, 3.8) is 0 Å². The zero-order chi connectivity index (χ0) is 22.0. The number of ether oxygens (including phenoxy) is 1. The molecule has 31 heavy (non-hydrogen) atoms. The van der Waals surface area contributed by atoms with Crippen molar-refractivity contribution in [3.05, 3.63) is 42.5 Å². The predicted molar refractivity (Wildman–Crippen MR) is 115 cm³/mol. The molecule has 0 aromatic carbocycles. The van der Waals surface area contributed by atoms with E-state index < -0.39 is 5.60 Å². The molecule has 0 radical (unpaired) electrons. The lowest BCUT2D eigenvalue weighted by molar-refractivity contribution is 0.0206. The zero-order valence-corrected chi connectivity index (χ0v) is 17.9. The number of pyridine rings is 1. The second-order valence-electron chi connectivity index (χ2n) is 8.62. The Balaban J connectivity index is 1.49. The number of rotatable bonds is 3. The molecule has 1 aliphatic rings. The molecule has 4 rings (SSSR count). The van der Waals surface area contributed by atoms with Gasteiger partial charge in [-0.2, -0.15) is 10.4 Å². The van der Waals surface area contributed by atoms with E-state index in [0.717, 1.165) is 23.9 Å². The highest BCUT2D eigenvalue weighted by Crippen LogP contribution is 2.24. The van der Waals surface area contributed by atoms with Crippen LogP contribution >= 0.6 is 0 Å². The van der Waals surface area contributed by atoms with Crippen LogP contribution < -0.4 is 5.32 Å². The molecule has 1 saturated heterocycles. The molecule has 3 aromatic rings. The quantitative estimate of drug-likeness (QED) is 0.692. The molecule has 9 nitrogen and oxygen atoms in total. The van der Waals surface area contributed by atoms with Crippen molar-refractivity contribution in [2.24, 2.45) is 0 Å². The first-order valence-corrected chi connectivity index (χ1v) is 10.3. The number of anilines is 1. The van der Waals surface area contributed by atoms with Crippen LogP contribution in [-0.4, -0.2) is 55.3 Å². The van der Waals surface area contributed by atoms with Gasteiger partial charge in [-0.15, -0.1) is 0 Å². The van der Waals surface area contributed by atoms with E-state index in [4.69, 9.17) is 15.0 Å². The van der Waals surface area contributed by atoms with Gasteiger partial charge in [0.2, 0.25) is 0 Å². The van der Waals surface area contributed by atoms with Crippen LogP contribution in [0, 0.1) is 11.3 Å². The Labute approximate surface area is 180 Å². The molecule has 1 atom stereocenters. The Bertz CT molecular complexity index is 1140. The van der Waals surface area contributed by atoms with Crippen molar-refractivity contribution in [1.29, 1.82) is 5.26 Å². The minimum atomic E-state index is -0.514. The molecule has 0 unspecified atom stereocenters. The summed E-state index contributed by atoms with van der Waals surface area (Å²) in [4.78, 5) is 23.2. The summed E-state index contributed by atoms with van der Waals surface area (Å²) < 4.78 is 7.17. The molecule has 1 N–H and O–H groups in total. The fraction of sp³-hybridized carbons (Fsp3) is 0.409. The highest BCUT2D eigenvalue weighted by atomic mass is 16.6. The summed E-state index contributed by atoms with van der Waals surface area (Å²) in [5.41, 5.74) is 2.39. The summed E-state index contributed by atoms with van der Waals surface area (Å²) in [6.07, 6.45) is 8.29. The van der Waals surface area contributed by atoms with Crippen LogP contribution in [0.15, 0.2) is 36.9 Å². The maximum atomic E-state index is 12.4. The van der Waals surface area contributed by atoms with E-state index >= 15 is 0 Å². The largest absolute Gasteiger partial charge is 0.444 e. The average Bonchev–Trinajstić information content (AvgIpc) is 3.16. The molecule has 4 heterocycles. The first-order chi connectivity index (χ1) is 14.8. The summed E-state index contributed by atoms with van der Waals surface area (Å²) in [5.74, 6) is 0.640. The number of nitrogens with one attached hydrogen (secondary N) is 1. The molecule has 1 amide bonds. The van der Waals surface area contributed by atoms with Crippen LogP contribution in [0.25, 0.3) is 16.8 Å². The predicted octanol–water partition coefficient (Wildman–Crippen LogP) is 3.47. The number of piperidine rings is 1. The number of aromatic nitrogens is 4. The SMILES string of the molecule is CC(C)(C)OC(=O)N1CCC[C@@H](Nc2cncc(-c3cnn4cc(C#N)ccc34)n2)C1. The second kappa shape index (κ2) is 8.22. The Morgan fingerprint density at radius 3 is 2.90 bits per heavy atom. The molecular formula is C22H25N7O2. The normalized spacial score (nSPS) is 16.7. The van der Waals surface area contributed by atoms with Crippen LogP contribution in [0.3, 0.4) is 0 Å². The lowest BCUT2D eigenvalue weighted by Gasteiger charge is -2.34. The fourth-order valence-electron chi connectivity index (χ4n) is 3.61. The summed E-state index contributed by atoms with van der Waals surface area (Å²) in [6.45, 7) is 6.84. The Morgan fingerprint density at radius 2 is 2.13 bits per heavy atom. The number of hydrogen-bond acceptors (Lipinski definition) is 7. The number of carbonyl (C=O) groups excluding carboxylic acids is 1. The van der Waals surface area contributed by atoms with Crippen molar-refractivity contribution < 1.29 is 9.53 Å². The van der Waals surface area contributed by atoms with Crippen LogP contribution in [-0.2, 0) is 4.74 Å². The van der Waals surface area contributed by atoms with Crippen molar-refractivity contribution in [2.45, 2.75) is 45.3 Å². The van der Waals surface area contributed by atoms with Gasteiger partial charge in [0.25, 0.3) is 0 Å². The Kier molecular flexibility index (Phi) is 5.46. The highest BCUT2D eigenvalue weighted by Gasteiger charge is 2.27. The van der Waals surface area contributed by atoms with Gasteiger partial charge in [0.15, 0.2) is 0 Å². The second-order valence-corrected chi connectivity index (χ2v) is 8.62. The number of likely N-dealkylation sites (tertiary alicyclic amines) is 1. The number of nitrogens with zero attached hydrogens (tertiary/aromatic N) is 6.